The molecule has 0 aliphatic rings. The van der Waals surface area contributed by atoms with Crippen LogP contribution in [0.4, 0.5) is 0 Å². The summed E-state index contributed by atoms with van der Waals surface area (Å²) in [7, 11) is 1.65. The number of pyridine rings is 1. The maximum Gasteiger partial charge on any atom is 0.257 e. The molecule has 2 N–H and O–H groups in total. The predicted molar refractivity (Wildman–Crippen MR) is 67.5 cm³/mol. The Morgan fingerprint density at radius 2 is 2.28 bits per heavy atom. The molecule has 6 nitrogen and oxygen atoms in total. The van der Waals surface area contributed by atoms with Gasteiger partial charge in [-0.05, 0) is 12.1 Å². The Hall–Kier alpha value is -1.66. The summed E-state index contributed by atoms with van der Waals surface area (Å²) in [6.45, 7) is 2.72. The minimum absolute atomic E-state index is 0.00373. The highest BCUT2D eigenvalue weighted by atomic mass is 16.5. The van der Waals surface area contributed by atoms with Gasteiger partial charge in [-0.2, -0.15) is 0 Å². The predicted octanol–water partition coefficient (Wildman–Crippen LogP) is -0.187. The summed E-state index contributed by atoms with van der Waals surface area (Å²) in [5.74, 6) is 0.443. The van der Waals surface area contributed by atoms with Crippen LogP contribution >= 0.6 is 0 Å². The van der Waals surface area contributed by atoms with Crippen molar-refractivity contribution in [3.63, 3.8) is 0 Å². The number of aromatic nitrogens is 1. The van der Waals surface area contributed by atoms with Crippen LogP contribution in [0.1, 0.15) is 0 Å². The number of amides is 1. The second-order valence-corrected chi connectivity index (χ2v) is 3.57. The van der Waals surface area contributed by atoms with Crippen LogP contribution in [-0.2, 0) is 9.53 Å². The molecular weight excluding hydrogens is 234 g/mol. The van der Waals surface area contributed by atoms with Gasteiger partial charge in [-0.1, -0.05) is 0 Å². The first-order valence-electron chi connectivity index (χ1n) is 5.82. The molecule has 1 aromatic rings. The molecule has 0 aromatic carbocycles. The lowest BCUT2D eigenvalue weighted by molar-refractivity contribution is -0.123. The topological polar surface area (TPSA) is 72.5 Å². The first kappa shape index (κ1) is 14.4. The number of nitrogens with one attached hydrogen (secondary N) is 2. The smallest absolute Gasteiger partial charge is 0.257 e. The Morgan fingerprint density at radius 1 is 1.39 bits per heavy atom. The van der Waals surface area contributed by atoms with E-state index in [1.165, 1.54) is 0 Å². The van der Waals surface area contributed by atoms with Crippen molar-refractivity contribution in [1.82, 2.24) is 15.6 Å². The molecule has 0 fully saturated rings. The van der Waals surface area contributed by atoms with E-state index in [-0.39, 0.29) is 12.5 Å². The highest BCUT2D eigenvalue weighted by molar-refractivity contribution is 5.77. The highest BCUT2D eigenvalue weighted by Crippen LogP contribution is 2.04. The average molecular weight is 253 g/mol. The van der Waals surface area contributed by atoms with E-state index in [4.69, 9.17) is 9.47 Å². The van der Waals surface area contributed by atoms with Gasteiger partial charge >= 0.3 is 0 Å². The number of methoxy groups -OCH3 is 1. The van der Waals surface area contributed by atoms with Gasteiger partial charge in [0.1, 0.15) is 5.75 Å². The SMILES string of the molecule is COCCNCCNC(=O)COc1cccnc1. The standard InChI is InChI=1S/C12H19N3O3/c1-17-8-7-13-5-6-15-12(16)10-18-11-3-2-4-14-9-11/h2-4,9,13H,5-8,10H2,1H3,(H,15,16). The molecule has 0 spiro atoms. The van der Waals surface area contributed by atoms with Gasteiger partial charge in [-0.25, -0.2) is 0 Å². The van der Waals surface area contributed by atoms with Crippen molar-refractivity contribution in [3.05, 3.63) is 24.5 Å². The Morgan fingerprint density at radius 3 is 3.00 bits per heavy atom. The van der Waals surface area contributed by atoms with Crippen LogP contribution in [0.2, 0.25) is 0 Å². The number of hydrogen-bond donors (Lipinski definition) is 2. The number of rotatable bonds is 9. The Kier molecular flexibility index (Phi) is 7.50. The molecule has 0 aliphatic carbocycles. The molecule has 0 unspecified atom stereocenters. The van der Waals surface area contributed by atoms with E-state index < -0.39 is 0 Å². The van der Waals surface area contributed by atoms with Crippen molar-refractivity contribution in [1.29, 1.82) is 0 Å². The Balaban J connectivity index is 2.01. The summed E-state index contributed by atoms with van der Waals surface area (Å²) in [6.07, 6.45) is 3.22. The minimum Gasteiger partial charge on any atom is -0.482 e. The maximum absolute atomic E-state index is 11.4. The van der Waals surface area contributed by atoms with Crippen LogP contribution < -0.4 is 15.4 Å². The van der Waals surface area contributed by atoms with E-state index in [1.54, 1.807) is 31.6 Å². The van der Waals surface area contributed by atoms with Gasteiger partial charge in [0.15, 0.2) is 6.61 Å². The molecule has 6 heteroatoms. The average Bonchev–Trinajstić information content (AvgIpc) is 2.41. The summed E-state index contributed by atoms with van der Waals surface area (Å²) in [5.41, 5.74) is 0. The fraction of sp³-hybridized carbons (Fsp3) is 0.500. The fourth-order valence-electron chi connectivity index (χ4n) is 1.22. The lowest BCUT2D eigenvalue weighted by Crippen LogP contribution is -2.35. The van der Waals surface area contributed by atoms with Crippen LogP contribution in [0.25, 0.3) is 0 Å². The van der Waals surface area contributed by atoms with Gasteiger partial charge in [-0.3, -0.25) is 9.78 Å². The van der Waals surface area contributed by atoms with E-state index in [1.807, 2.05) is 0 Å². The fourth-order valence-corrected chi connectivity index (χ4v) is 1.22. The third-order valence-corrected chi connectivity index (χ3v) is 2.11. The molecule has 1 heterocycles. The molecule has 0 saturated carbocycles. The van der Waals surface area contributed by atoms with Crippen molar-refractivity contribution in [2.24, 2.45) is 0 Å². The van der Waals surface area contributed by atoms with Crippen LogP contribution in [-0.4, -0.2) is 50.8 Å². The van der Waals surface area contributed by atoms with Gasteiger partial charge in [-0.15, -0.1) is 0 Å². The summed E-state index contributed by atoms with van der Waals surface area (Å²) >= 11 is 0. The van der Waals surface area contributed by atoms with Crippen molar-refractivity contribution in [3.8, 4) is 5.75 Å². The monoisotopic (exact) mass is 253 g/mol. The highest BCUT2D eigenvalue weighted by Gasteiger charge is 2.01. The van der Waals surface area contributed by atoms with E-state index >= 15 is 0 Å². The minimum atomic E-state index is -0.146. The van der Waals surface area contributed by atoms with E-state index in [2.05, 4.69) is 15.6 Å². The molecule has 0 saturated heterocycles. The van der Waals surface area contributed by atoms with Crippen LogP contribution in [0.3, 0.4) is 0 Å². The second kappa shape index (κ2) is 9.38. The molecule has 1 rings (SSSR count). The lowest BCUT2D eigenvalue weighted by atomic mass is 10.4. The first-order chi connectivity index (χ1) is 8.83. The van der Waals surface area contributed by atoms with E-state index in [0.717, 1.165) is 6.54 Å². The van der Waals surface area contributed by atoms with Gasteiger partial charge in [0.05, 0.1) is 12.8 Å². The summed E-state index contributed by atoms with van der Waals surface area (Å²) < 4.78 is 10.1. The van der Waals surface area contributed by atoms with Crippen LogP contribution in [0.15, 0.2) is 24.5 Å². The molecule has 0 radical (unpaired) electrons. The Bertz CT molecular complexity index is 333. The van der Waals surface area contributed by atoms with Crippen molar-refractivity contribution >= 4 is 5.91 Å². The molecule has 1 amide bonds. The van der Waals surface area contributed by atoms with Gasteiger partial charge in [0.25, 0.3) is 5.91 Å². The zero-order valence-electron chi connectivity index (χ0n) is 10.5. The van der Waals surface area contributed by atoms with E-state index in [9.17, 15) is 4.79 Å². The third-order valence-electron chi connectivity index (χ3n) is 2.11. The zero-order chi connectivity index (χ0) is 13.1. The zero-order valence-corrected chi connectivity index (χ0v) is 10.5. The number of nitrogens with zero attached hydrogens (tertiary/aromatic N) is 1. The molecular formula is C12H19N3O3. The van der Waals surface area contributed by atoms with Gasteiger partial charge in [0, 0.05) is 32.9 Å². The van der Waals surface area contributed by atoms with Crippen molar-refractivity contribution in [2.45, 2.75) is 0 Å². The quantitative estimate of drug-likeness (QED) is 0.597. The largest absolute Gasteiger partial charge is 0.482 e. The molecule has 1 aromatic heterocycles. The number of ether oxygens (including phenoxy) is 2. The lowest BCUT2D eigenvalue weighted by Gasteiger charge is -2.07. The van der Waals surface area contributed by atoms with E-state index in [0.29, 0.717) is 25.4 Å². The molecule has 100 valence electrons. The molecule has 0 aliphatic heterocycles. The third kappa shape index (κ3) is 6.82. The van der Waals surface area contributed by atoms with Crippen molar-refractivity contribution in [2.75, 3.05) is 40.0 Å². The molecule has 0 bridgehead atoms. The van der Waals surface area contributed by atoms with Crippen LogP contribution in [0, 0.1) is 0 Å². The first-order valence-corrected chi connectivity index (χ1v) is 5.82. The number of carbonyl (C=O) groups is 1. The Labute approximate surface area is 107 Å². The normalized spacial score (nSPS) is 10.1. The van der Waals surface area contributed by atoms with Gasteiger partial charge < -0.3 is 20.1 Å². The molecule has 18 heavy (non-hydrogen) atoms. The summed E-state index contributed by atoms with van der Waals surface area (Å²) in [5, 5.41) is 5.87. The number of hydrogen-bond acceptors (Lipinski definition) is 5. The van der Waals surface area contributed by atoms with Crippen LogP contribution in [0.5, 0.6) is 5.75 Å². The van der Waals surface area contributed by atoms with Crippen molar-refractivity contribution < 1.29 is 14.3 Å². The second-order valence-electron chi connectivity index (χ2n) is 3.57. The summed E-state index contributed by atoms with van der Waals surface area (Å²) in [6, 6.07) is 3.51. The molecule has 0 atom stereocenters. The maximum atomic E-state index is 11.4. The number of carbonyl (C=O) groups excluding carboxylic acids is 1. The summed E-state index contributed by atoms with van der Waals surface area (Å²) in [4.78, 5) is 15.3. The van der Waals surface area contributed by atoms with Gasteiger partial charge in [0.2, 0.25) is 0 Å².